The zero-order valence-electron chi connectivity index (χ0n) is 8.88. The Morgan fingerprint density at radius 3 is 3.00 bits per heavy atom. The molecule has 0 aromatic rings. The highest BCUT2D eigenvalue weighted by Gasteiger charge is 2.19. The number of rotatable bonds is 5. The van der Waals surface area contributed by atoms with Crippen molar-refractivity contribution in [1.29, 1.82) is 0 Å². The van der Waals surface area contributed by atoms with Crippen molar-refractivity contribution in [2.45, 2.75) is 26.3 Å². The Hall–Kier alpha value is -0.120. The molecule has 0 spiro atoms. The van der Waals surface area contributed by atoms with E-state index in [1.165, 1.54) is 13.0 Å². The summed E-state index contributed by atoms with van der Waals surface area (Å²) < 4.78 is 5.37. The molecule has 1 saturated heterocycles. The van der Waals surface area contributed by atoms with Gasteiger partial charge in [0.05, 0.1) is 6.61 Å². The molecule has 1 N–H and O–H groups in total. The molecule has 0 aromatic carbocycles. The molecular weight excluding hydrogens is 164 g/mol. The Bertz CT molecular complexity index is 130. The minimum absolute atomic E-state index is 0.717. The minimum atomic E-state index is 0.717. The maximum atomic E-state index is 5.37. The molecule has 78 valence electrons. The Kier molecular flexibility index (Phi) is 5.35. The lowest BCUT2D eigenvalue weighted by molar-refractivity contribution is 0.0818. The van der Waals surface area contributed by atoms with Crippen LogP contribution in [0.25, 0.3) is 0 Å². The molecule has 0 bridgehead atoms. The first-order chi connectivity index (χ1) is 6.38. The van der Waals surface area contributed by atoms with E-state index in [4.69, 9.17) is 4.74 Å². The first-order valence-electron chi connectivity index (χ1n) is 5.41. The van der Waals surface area contributed by atoms with Gasteiger partial charge in [-0.1, -0.05) is 6.92 Å². The third-order valence-electron chi connectivity index (χ3n) is 2.67. The normalized spacial score (nSPS) is 24.9. The summed E-state index contributed by atoms with van der Waals surface area (Å²) in [6, 6.07) is 0.717. The van der Waals surface area contributed by atoms with E-state index in [-0.39, 0.29) is 0 Å². The van der Waals surface area contributed by atoms with Crippen LogP contribution in [0, 0.1) is 0 Å². The summed E-state index contributed by atoms with van der Waals surface area (Å²) in [5.41, 5.74) is 0. The summed E-state index contributed by atoms with van der Waals surface area (Å²) in [4.78, 5) is 2.53. The maximum absolute atomic E-state index is 5.37. The summed E-state index contributed by atoms with van der Waals surface area (Å²) in [7, 11) is 0. The molecular formula is C10H22N2O. The molecule has 3 nitrogen and oxygen atoms in total. The van der Waals surface area contributed by atoms with E-state index in [0.29, 0.717) is 6.04 Å². The van der Waals surface area contributed by atoms with Gasteiger partial charge in [0.25, 0.3) is 0 Å². The van der Waals surface area contributed by atoms with Gasteiger partial charge in [-0.15, -0.1) is 0 Å². The summed E-state index contributed by atoms with van der Waals surface area (Å²) in [6.45, 7) is 10.6. The minimum Gasteiger partial charge on any atom is -0.380 e. The van der Waals surface area contributed by atoms with Crippen LogP contribution in [0.2, 0.25) is 0 Å². The summed E-state index contributed by atoms with van der Waals surface area (Å²) in [6.07, 6.45) is 1.24. The van der Waals surface area contributed by atoms with Gasteiger partial charge in [-0.2, -0.15) is 0 Å². The highest BCUT2D eigenvalue weighted by Crippen LogP contribution is 2.05. The Morgan fingerprint density at radius 1 is 1.46 bits per heavy atom. The number of nitrogens with zero attached hydrogens (tertiary/aromatic N) is 1. The van der Waals surface area contributed by atoms with E-state index < -0.39 is 0 Å². The summed E-state index contributed by atoms with van der Waals surface area (Å²) >= 11 is 0. The van der Waals surface area contributed by atoms with E-state index in [1.54, 1.807) is 0 Å². The van der Waals surface area contributed by atoms with Crippen molar-refractivity contribution in [3.63, 3.8) is 0 Å². The topological polar surface area (TPSA) is 24.5 Å². The predicted molar refractivity (Wildman–Crippen MR) is 55.0 cm³/mol. The fourth-order valence-corrected chi connectivity index (χ4v) is 1.83. The average Bonchev–Trinajstić information content (AvgIpc) is 2.19. The van der Waals surface area contributed by atoms with E-state index in [0.717, 1.165) is 32.8 Å². The lowest BCUT2D eigenvalue weighted by atomic mass is 10.1. The number of ether oxygens (including phenoxy) is 1. The molecule has 1 unspecified atom stereocenters. The van der Waals surface area contributed by atoms with Crippen LogP contribution in [-0.2, 0) is 4.74 Å². The maximum Gasteiger partial charge on any atom is 0.0593 e. The van der Waals surface area contributed by atoms with Crippen LogP contribution in [0.5, 0.6) is 0 Å². The Morgan fingerprint density at radius 2 is 2.31 bits per heavy atom. The quantitative estimate of drug-likeness (QED) is 0.640. The Balaban J connectivity index is 2.19. The molecule has 0 saturated carbocycles. The zero-order valence-corrected chi connectivity index (χ0v) is 8.88. The fraction of sp³-hybridized carbons (Fsp3) is 1.00. The molecule has 1 aliphatic rings. The lowest BCUT2D eigenvalue weighted by Crippen LogP contribution is -2.51. The Labute approximate surface area is 81.4 Å². The molecule has 1 atom stereocenters. The first-order valence-corrected chi connectivity index (χ1v) is 5.41. The smallest absolute Gasteiger partial charge is 0.0593 e. The van der Waals surface area contributed by atoms with Gasteiger partial charge in [0, 0.05) is 38.8 Å². The molecule has 0 radical (unpaired) electrons. The second-order valence-corrected chi connectivity index (χ2v) is 3.50. The van der Waals surface area contributed by atoms with Crippen LogP contribution < -0.4 is 5.32 Å². The van der Waals surface area contributed by atoms with Crippen molar-refractivity contribution in [3.05, 3.63) is 0 Å². The van der Waals surface area contributed by atoms with Crippen LogP contribution in [0.3, 0.4) is 0 Å². The second-order valence-electron chi connectivity index (χ2n) is 3.50. The van der Waals surface area contributed by atoms with Gasteiger partial charge in [0.15, 0.2) is 0 Å². The summed E-state index contributed by atoms with van der Waals surface area (Å²) in [5, 5.41) is 3.42. The van der Waals surface area contributed by atoms with Crippen LogP contribution >= 0.6 is 0 Å². The van der Waals surface area contributed by atoms with Crippen LogP contribution in [0.4, 0.5) is 0 Å². The number of nitrogens with one attached hydrogen (secondary N) is 1. The third kappa shape index (κ3) is 3.63. The van der Waals surface area contributed by atoms with E-state index in [9.17, 15) is 0 Å². The van der Waals surface area contributed by atoms with Crippen molar-refractivity contribution in [3.8, 4) is 0 Å². The molecule has 0 amide bonds. The van der Waals surface area contributed by atoms with Crippen molar-refractivity contribution >= 4 is 0 Å². The van der Waals surface area contributed by atoms with Gasteiger partial charge in [-0.25, -0.2) is 0 Å². The molecule has 1 aliphatic heterocycles. The molecule has 1 rings (SSSR count). The van der Waals surface area contributed by atoms with Crippen molar-refractivity contribution in [2.24, 2.45) is 0 Å². The van der Waals surface area contributed by atoms with Crippen molar-refractivity contribution in [1.82, 2.24) is 10.2 Å². The van der Waals surface area contributed by atoms with Crippen molar-refractivity contribution < 1.29 is 4.74 Å². The molecule has 1 heterocycles. The van der Waals surface area contributed by atoms with Gasteiger partial charge in [0.1, 0.15) is 0 Å². The summed E-state index contributed by atoms with van der Waals surface area (Å²) in [5.74, 6) is 0. The van der Waals surface area contributed by atoms with Gasteiger partial charge in [-0.3, -0.25) is 4.90 Å². The number of hydrogen-bond acceptors (Lipinski definition) is 3. The predicted octanol–water partition coefficient (Wildman–Crippen LogP) is 0.707. The molecule has 0 aromatic heterocycles. The fourth-order valence-electron chi connectivity index (χ4n) is 1.83. The van der Waals surface area contributed by atoms with E-state index >= 15 is 0 Å². The van der Waals surface area contributed by atoms with Gasteiger partial charge in [-0.05, 0) is 13.3 Å². The molecule has 13 heavy (non-hydrogen) atoms. The zero-order chi connectivity index (χ0) is 9.52. The average molecular weight is 186 g/mol. The number of hydrogen-bond donors (Lipinski definition) is 1. The monoisotopic (exact) mass is 186 g/mol. The van der Waals surface area contributed by atoms with E-state index in [1.807, 2.05) is 0 Å². The first kappa shape index (κ1) is 11.0. The van der Waals surface area contributed by atoms with E-state index in [2.05, 4.69) is 24.1 Å². The van der Waals surface area contributed by atoms with Crippen LogP contribution in [0.1, 0.15) is 20.3 Å². The second kappa shape index (κ2) is 6.35. The SMILES string of the molecule is CCOCCN1CCNCC1CC. The van der Waals surface area contributed by atoms with Crippen LogP contribution in [-0.4, -0.2) is 50.3 Å². The molecule has 1 fully saturated rings. The molecule has 3 heteroatoms. The molecule has 0 aliphatic carbocycles. The highest BCUT2D eigenvalue weighted by atomic mass is 16.5. The van der Waals surface area contributed by atoms with Gasteiger partial charge >= 0.3 is 0 Å². The standard InChI is InChI=1S/C10H22N2O/c1-3-10-9-11-5-6-12(10)7-8-13-4-2/h10-11H,3-9H2,1-2H3. The van der Waals surface area contributed by atoms with Crippen LogP contribution in [0.15, 0.2) is 0 Å². The third-order valence-corrected chi connectivity index (χ3v) is 2.67. The van der Waals surface area contributed by atoms with Gasteiger partial charge < -0.3 is 10.1 Å². The lowest BCUT2D eigenvalue weighted by Gasteiger charge is -2.35. The van der Waals surface area contributed by atoms with Crippen molar-refractivity contribution in [2.75, 3.05) is 39.4 Å². The van der Waals surface area contributed by atoms with Gasteiger partial charge in [0.2, 0.25) is 0 Å². The highest BCUT2D eigenvalue weighted by molar-refractivity contribution is 4.78. The largest absolute Gasteiger partial charge is 0.380 e. The number of piperazine rings is 1.